The summed E-state index contributed by atoms with van der Waals surface area (Å²) in [4.78, 5) is 41.6. The minimum absolute atomic E-state index is 0.101. The molecule has 0 aliphatic heterocycles. The molecule has 3 atom stereocenters. The molecule has 0 radical (unpaired) electrons. The van der Waals surface area contributed by atoms with Gasteiger partial charge in [-0.2, -0.15) is 0 Å². The number of phenols is 1. The number of aromatic hydroxyl groups is 1. The quantitative estimate of drug-likeness (QED) is 0.338. The number of aryl methyl sites for hydroxylation is 1. The standard InChI is InChI=1S/C28H38ClN3O6/c1-7-17(2)23(31-27(37)38-28(4,5)6)26(36)32(14-15-33)24(19-11-9-12-20(34)16-19)25(35)30-22-18(3)10-8-13-21(22)29/h8-13,16-17,23-24,33-34H,7,14-15H2,1-6H3,(H,30,35)(H,31,37). The molecule has 208 valence electrons. The number of ether oxygens (including phenoxy) is 1. The van der Waals surface area contributed by atoms with E-state index in [9.17, 15) is 24.6 Å². The van der Waals surface area contributed by atoms with E-state index >= 15 is 0 Å². The van der Waals surface area contributed by atoms with Crippen LogP contribution in [0.4, 0.5) is 10.5 Å². The lowest BCUT2D eigenvalue weighted by Gasteiger charge is -2.35. The first kappa shape index (κ1) is 30.9. The van der Waals surface area contributed by atoms with Gasteiger partial charge in [-0.25, -0.2) is 4.79 Å². The molecular weight excluding hydrogens is 510 g/mol. The van der Waals surface area contributed by atoms with E-state index in [1.54, 1.807) is 65.0 Å². The van der Waals surface area contributed by atoms with E-state index in [1.807, 2.05) is 6.92 Å². The number of amides is 3. The van der Waals surface area contributed by atoms with Crippen molar-refractivity contribution in [2.75, 3.05) is 18.5 Å². The summed E-state index contributed by atoms with van der Waals surface area (Å²) in [6, 6.07) is 8.83. The van der Waals surface area contributed by atoms with Crippen LogP contribution in [-0.2, 0) is 14.3 Å². The summed E-state index contributed by atoms with van der Waals surface area (Å²) >= 11 is 6.34. The number of rotatable bonds is 10. The van der Waals surface area contributed by atoms with Crippen molar-refractivity contribution < 1.29 is 29.3 Å². The van der Waals surface area contributed by atoms with Gasteiger partial charge >= 0.3 is 6.09 Å². The van der Waals surface area contributed by atoms with E-state index in [-0.39, 0.29) is 18.2 Å². The van der Waals surface area contributed by atoms with Crippen LogP contribution in [-0.4, -0.2) is 57.8 Å². The van der Waals surface area contributed by atoms with Gasteiger partial charge in [0.25, 0.3) is 5.91 Å². The first-order valence-electron chi connectivity index (χ1n) is 12.5. The number of hydrogen-bond acceptors (Lipinski definition) is 6. The highest BCUT2D eigenvalue weighted by molar-refractivity contribution is 6.34. The molecule has 10 heteroatoms. The van der Waals surface area contributed by atoms with Crippen LogP contribution in [0.1, 0.15) is 58.2 Å². The lowest BCUT2D eigenvalue weighted by Crippen LogP contribution is -2.55. The second-order valence-electron chi connectivity index (χ2n) is 10.2. The van der Waals surface area contributed by atoms with Crippen LogP contribution in [0.5, 0.6) is 5.75 Å². The number of hydrogen-bond donors (Lipinski definition) is 4. The lowest BCUT2D eigenvalue weighted by atomic mass is 9.95. The number of nitrogens with one attached hydrogen (secondary N) is 2. The highest BCUT2D eigenvalue weighted by Crippen LogP contribution is 2.31. The Morgan fingerprint density at radius 1 is 1.13 bits per heavy atom. The van der Waals surface area contributed by atoms with Gasteiger partial charge < -0.3 is 30.5 Å². The second kappa shape index (κ2) is 13.5. The van der Waals surface area contributed by atoms with E-state index in [2.05, 4.69) is 10.6 Å². The van der Waals surface area contributed by atoms with Gasteiger partial charge in [0, 0.05) is 6.54 Å². The Balaban J connectivity index is 2.56. The first-order chi connectivity index (χ1) is 17.8. The molecule has 0 saturated carbocycles. The highest BCUT2D eigenvalue weighted by atomic mass is 35.5. The Bertz CT molecular complexity index is 1110. The van der Waals surface area contributed by atoms with Crippen LogP contribution in [0.3, 0.4) is 0 Å². The Kier molecular flexibility index (Phi) is 11.0. The van der Waals surface area contributed by atoms with Gasteiger partial charge in [-0.1, -0.05) is 56.1 Å². The Hall–Kier alpha value is -3.30. The van der Waals surface area contributed by atoms with Crippen LogP contribution >= 0.6 is 11.6 Å². The maximum Gasteiger partial charge on any atom is 0.408 e. The predicted molar refractivity (Wildman–Crippen MR) is 147 cm³/mol. The fraction of sp³-hybridized carbons (Fsp3) is 0.464. The largest absolute Gasteiger partial charge is 0.508 e. The molecule has 0 aliphatic rings. The fourth-order valence-electron chi connectivity index (χ4n) is 3.92. The summed E-state index contributed by atoms with van der Waals surface area (Å²) in [5.41, 5.74) is 0.624. The number of alkyl carbamates (subject to hydrolysis) is 1. The zero-order chi connectivity index (χ0) is 28.6. The number of para-hydroxylation sites is 1. The summed E-state index contributed by atoms with van der Waals surface area (Å²) in [5.74, 6) is -1.61. The molecule has 0 saturated heterocycles. The van der Waals surface area contributed by atoms with Crippen molar-refractivity contribution in [2.24, 2.45) is 5.92 Å². The van der Waals surface area contributed by atoms with Crippen molar-refractivity contribution in [2.45, 2.75) is 65.6 Å². The molecule has 0 heterocycles. The van der Waals surface area contributed by atoms with Gasteiger partial charge in [0.15, 0.2) is 0 Å². The smallest absolute Gasteiger partial charge is 0.408 e. The van der Waals surface area contributed by atoms with Crippen LogP contribution in [0.2, 0.25) is 5.02 Å². The number of phenolic OH excluding ortho intramolecular Hbond substituents is 1. The summed E-state index contributed by atoms with van der Waals surface area (Å²) < 4.78 is 5.37. The molecule has 3 unspecified atom stereocenters. The zero-order valence-electron chi connectivity index (χ0n) is 22.7. The lowest BCUT2D eigenvalue weighted by molar-refractivity contribution is -0.142. The number of halogens is 1. The van der Waals surface area contributed by atoms with Gasteiger partial charge in [0.05, 0.1) is 17.3 Å². The number of carbonyl (C=O) groups is 3. The van der Waals surface area contributed by atoms with Crippen molar-refractivity contribution in [1.29, 1.82) is 0 Å². The van der Waals surface area contributed by atoms with Crippen molar-refractivity contribution >= 4 is 35.2 Å². The monoisotopic (exact) mass is 547 g/mol. The summed E-state index contributed by atoms with van der Waals surface area (Å²) in [6.07, 6.45) is -0.230. The van der Waals surface area contributed by atoms with E-state index in [1.165, 1.54) is 17.0 Å². The van der Waals surface area contributed by atoms with E-state index in [4.69, 9.17) is 16.3 Å². The highest BCUT2D eigenvalue weighted by Gasteiger charge is 2.38. The van der Waals surface area contributed by atoms with Crippen molar-refractivity contribution in [3.05, 3.63) is 58.6 Å². The summed E-state index contributed by atoms with van der Waals surface area (Å²) in [7, 11) is 0. The maximum absolute atomic E-state index is 14.0. The minimum atomic E-state index is -1.26. The van der Waals surface area contributed by atoms with Crippen LogP contribution in [0.25, 0.3) is 0 Å². The number of carbonyl (C=O) groups excluding carboxylic acids is 3. The summed E-state index contributed by atoms with van der Waals surface area (Å²) in [5, 5.41) is 25.8. The average Bonchev–Trinajstić information content (AvgIpc) is 2.82. The van der Waals surface area contributed by atoms with Gasteiger partial charge in [-0.15, -0.1) is 0 Å². The molecule has 38 heavy (non-hydrogen) atoms. The van der Waals surface area contributed by atoms with Crippen LogP contribution in [0.15, 0.2) is 42.5 Å². The third-order valence-electron chi connectivity index (χ3n) is 5.99. The third-order valence-corrected chi connectivity index (χ3v) is 6.31. The number of anilines is 1. The maximum atomic E-state index is 14.0. The third kappa shape index (κ3) is 8.36. The van der Waals surface area contributed by atoms with Gasteiger partial charge in [0.1, 0.15) is 23.4 Å². The Morgan fingerprint density at radius 2 is 1.79 bits per heavy atom. The molecule has 2 rings (SSSR count). The topological polar surface area (TPSA) is 128 Å². The Labute approximate surface area is 229 Å². The molecule has 9 nitrogen and oxygen atoms in total. The van der Waals surface area contributed by atoms with Crippen LogP contribution < -0.4 is 10.6 Å². The van der Waals surface area contributed by atoms with Crippen molar-refractivity contribution in [1.82, 2.24) is 10.2 Å². The average molecular weight is 548 g/mol. The molecule has 0 spiro atoms. The molecule has 0 bridgehead atoms. The zero-order valence-corrected chi connectivity index (χ0v) is 23.5. The van der Waals surface area contributed by atoms with Crippen molar-refractivity contribution in [3.8, 4) is 5.75 Å². The number of nitrogens with zero attached hydrogens (tertiary/aromatic N) is 1. The second-order valence-corrected chi connectivity index (χ2v) is 10.6. The molecule has 2 aromatic rings. The van der Waals surface area contributed by atoms with Crippen molar-refractivity contribution in [3.63, 3.8) is 0 Å². The molecule has 3 amide bonds. The van der Waals surface area contributed by atoms with Crippen LogP contribution in [0, 0.1) is 12.8 Å². The molecule has 4 N–H and O–H groups in total. The molecule has 2 aromatic carbocycles. The molecule has 0 fully saturated rings. The van der Waals surface area contributed by atoms with E-state index < -0.39 is 42.2 Å². The molecule has 0 aliphatic carbocycles. The fourth-order valence-corrected chi connectivity index (χ4v) is 4.19. The Morgan fingerprint density at radius 3 is 2.34 bits per heavy atom. The minimum Gasteiger partial charge on any atom is -0.508 e. The normalized spacial score (nSPS) is 13.7. The number of aliphatic hydroxyl groups is 1. The SMILES string of the molecule is CCC(C)C(NC(=O)OC(C)(C)C)C(=O)N(CCO)C(C(=O)Nc1c(C)cccc1Cl)c1cccc(O)c1. The number of benzene rings is 2. The van der Waals surface area contributed by atoms with Gasteiger partial charge in [0.2, 0.25) is 5.91 Å². The predicted octanol–water partition coefficient (Wildman–Crippen LogP) is 4.79. The van der Waals surface area contributed by atoms with Gasteiger partial charge in [-0.05, 0) is 62.9 Å². The van der Waals surface area contributed by atoms with E-state index in [0.29, 0.717) is 28.3 Å². The first-order valence-corrected chi connectivity index (χ1v) is 12.9. The van der Waals surface area contributed by atoms with E-state index in [0.717, 1.165) is 0 Å². The van der Waals surface area contributed by atoms with Gasteiger partial charge in [-0.3, -0.25) is 9.59 Å². The molecular formula is C28H38ClN3O6. The summed E-state index contributed by atoms with van der Waals surface area (Å²) in [6.45, 7) is 9.93. The number of aliphatic hydroxyl groups excluding tert-OH is 1. The molecule has 0 aromatic heterocycles.